The van der Waals surface area contributed by atoms with Crippen molar-refractivity contribution in [3.05, 3.63) is 35.6 Å². The standard InChI is InChI=1S/C18H22FNO3/c19-14-5-3-13(4-6-14)12-20(15-7-8-15)17(21)16-2-1-9-18(16)22-10-11-23-18/h3-6,15-16H,1-2,7-12H2/t16-/m1/s1. The SMILES string of the molecule is O=C([C@H]1CCCC12OCCO2)N(Cc1ccc(F)cc1)C1CC1. The van der Waals surface area contributed by atoms with Gasteiger partial charge in [-0.1, -0.05) is 12.1 Å². The van der Waals surface area contributed by atoms with Gasteiger partial charge in [0.05, 0.1) is 19.1 Å². The Kier molecular flexibility index (Phi) is 3.85. The number of carbonyl (C=O) groups excluding carboxylic acids is 1. The molecule has 2 saturated carbocycles. The maximum absolute atomic E-state index is 13.2. The van der Waals surface area contributed by atoms with Crippen LogP contribution in [0.2, 0.25) is 0 Å². The van der Waals surface area contributed by atoms with Gasteiger partial charge in [0.15, 0.2) is 5.79 Å². The highest BCUT2D eigenvalue weighted by atomic mass is 19.1. The minimum Gasteiger partial charge on any atom is -0.347 e. The Morgan fingerprint density at radius 1 is 1.17 bits per heavy atom. The van der Waals surface area contributed by atoms with Gasteiger partial charge in [-0.3, -0.25) is 4.79 Å². The number of hydrogen-bond acceptors (Lipinski definition) is 3. The van der Waals surface area contributed by atoms with Crippen molar-refractivity contribution in [3.8, 4) is 0 Å². The van der Waals surface area contributed by atoms with Crippen molar-refractivity contribution in [1.29, 1.82) is 0 Å². The Labute approximate surface area is 135 Å². The molecule has 0 radical (unpaired) electrons. The van der Waals surface area contributed by atoms with E-state index in [1.54, 1.807) is 12.1 Å². The van der Waals surface area contributed by atoms with E-state index in [4.69, 9.17) is 9.47 Å². The van der Waals surface area contributed by atoms with Crippen molar-refractivity contribution in [2.75, 3.05) is 13.2 Å². The second kappa shape index (κ2) is 5.87. The van der Waals surface area contributed by atoms with Crippen LogP contribution in [0.1, 0.15) is 37.7 Å². The molecule has 5 heteroatoms. The van der Waals surface area contributed by atoms with Crippen LogP contribution >= 0.6 is 0 Å². The minimum atomic E-state index is -0.687. The van der Waals surface area contributed by atoms with Crippen LogP contribution in [0.4, 0.5) is 4.39 Å². The maximum atomic E-state index is 13.2. The summed E-state index contributed by atoms with van der Waals surface area (Å²) in [7, 11) is 0. The molecule has 3 aliphatic rings. The summed E-state index contributed by atoms with van der Waals surface area (Å²) in [6, 6.07) is 6.72. The smallest absolute Gasteiger partial charge is 0.231 e. The summed E-state index contributed by atoms with van der Waals surface area (Å²) in [5.74, 6) is -1.00. The molecule has 1 amide bonds. The minimum absolute atomic E-state index is 0.135. The van der Waals surface area contributed by atoms with Gasteiger partial charge in [-0.15, -0.1) is 0 Å². The number of ether oxygens (including phenoxy) is 2. The number of hydrogen-bond donors (Lipinski definition) is 0. The largest absolute Gasteiger partial charge is 0.347 e. The third-order valence-corrected chi connectivity index (χ3v) is 5.16. The number of rotatable bonds is 4. The van der Waals surface area contributed by atoms with E-state index in [1.807, 2.05) is 4.90 Å². The molecule has 124 valence electrons. The Morgan fingerprint density at radius 2 is 1.87 bits per heavy atom. The first-order valence-electron chi connectivity index (χ1n) is 8.51. The van der Waals surface area contributed by atoms with Crippen LogP contribution in [-0.4, -0.2) is 35.8 Å². The van der Waals surface area contributed by atoms with E-state index >= 15 is 0 Å². The van der Waals surface area contributed by atoms with Crippen LogP contribution in [0.5, 0.6) is 0 Å². The molecule has 2 aliphatic carbocycles. The molecule has 0 aromatic heterocycles. The lowest BCUT2D eigenvalue weighted by Gasteiger charge is -2.33. The average molecular weight is 319 g/mol. The number of halogens is 1. The average Bonchev–Trinajstić information content (AvgIpc) is 3.15. The van der Waals surface area contributed by atoms with Crippen LogP contribution < -0.4 is 0 Å². The van der Waals surface area contributed by atoms with E-state index < -0.39 is 5.79 Å². The molecule has 1 spiro atoms. The summed E-state index contributed by atoms with van der Waals surface area (Å²) in [5, 5.41) is 0. The molecule has 1 aromatic carbocycles. The Bertz CT molecular complexity index is 573. The molecular formula is C18H22FNO3. The molecule has 4 rings (SSSR count). The molecule has 1 saturated heterocycles. The van der Waals surface area contributed by atoms with Crippen molar-refractivity contribution in [2.45, 2.75) is 50.5 Å². The molecule has 1 aromatic rings. The molecule has 3 fully saturated rings. The van der Waals surface area contributed by atoms with Gasteiger partial charge < -0.3 is 14.4 Å². The van der Waals surface area contributed by atoms with E-state index in [0.717, 1.165) is 37.7 Å². The molecule has 1 heterocycles. The number of benzene rings is 1. The van der Waals surface area contributed by atoms with Crippen molar-refractivity contribution in [2.24, 2.45) is 5.92 Å². The van der Waals surface area contributed by atoms with E-state index in [1.165, 1.54) is 12.1 Å². The van der Waals surface area contributed by atoms with E-state index in [9.17, 15) is 9.18 Å². The molecule has 1 atom stereocenters. The van der Waals surface area contributed by atoms with E-state index in [2.05, 4.69) is 0 Å². The van der Waals surface area contributed by atoms with Crippen molar-refractivity contribution >= 4 is 5.91 Å². The van der Waals surface area contributed by atoms with Crippen molar-refractivity contribution in [1.82, 2.24) is 4.90 Å². The predicted molar refractivity (Wildman–Crippen MR) is 81.9 cm³/mol. The highest BCUT2D eigenvalue weighted by molar-refractivity contribution is 5.81. The fraction of sp³-hybridized carbons (Fsp3) is 0.611. The van der Waals surface area contributed by atoms with Crippen molar-refractivity contribution in [3.63, 3.8) is 0 Å². The summed E-state index contributed by atoms with van der Waals surface area (Å²) < 4.78 is 24.8. The molecule has 4 nitrogen and oxygen atoms in total. The fourth-order valence-corrected chi connectivity index (χ4v) is 3.83. The summed E-state index contributed by atoms with van der Waals surface area (Å²) >= 11 is 0. The van der Waals surface area contributed by atoms with Gasteiger partial charge in [-0.25, -0.2) is 4.39 Å². The van der Waals surface area contributed by atoms with Crippen LogP contribution in [-0.2, 0) is 20.8 Å². The van der Waals surface area contributed by atoms with Crippen LogP contribution in [0.25, 0.3) is 0 Å². The van der Waals surface area contributed by atoms with Crippen LogP contribution in [0.3, 0.4) is 0 Å². The normalized spacial score (nSPS) is 25.9. The zero-order chi connectivity index (χ0) is 15.9. The van der Waals surface area contributed by atoms with Crippen LogP contribution in [0, 0.1) is 11.7 Å². The molecule has 1 aliphatic heterocycles. The Hall–Kier alpha value is -1.46. The summed E-state index contributed by atoms with van der Waals surface area (Å²) in [6.45, 7) is 1.69. The molecule has 23 heavy (non-hydrogen) atoms. The highest BCUT2D eigenvalue weighted by Gasteiger charge is 2.53. The lowest BCUT2D eigenvalue weighted by Crippen LogP contribution is -2.46. The van der Waals surface area contributed by atoms with Gasteiger partial charge in [0.2, 0.25) is 5.91 Å². The van der Waals surface area contributed by atoms with Crippen molar-refractivity contribution < 1.29 is 18.7 Å². The van der Waals surface area contributed by atoms with Gasteiger partial charge in [0.1, 0.15) is 5.82 Å². The molecular weight excluding hydrogens is 297 g/mol. The van der Waals surface area contributed by atoms with Gasteiger partial charge in [-0.05, 0) is 43.4 Å². The molecule has 0 unspecified atom stereocenters. The maximum Gasteiger partial charge on any atom is 0.231 e. The van der Waals surface area contributed by atoms with Gasteiger partial charge in [0, 0.05) is 19.0 Å². The zero-order valence-electron chi connectivity index (χ0n) is 13.2. The third kappa shape index (κ3) is 2.88. The third-order valence-electron chi connectivity index (χ3n) is 5.16. The topological polar surface area (TPSA) is 38.8 Å². The van der Waals surface area contributed by atoms with Crippen LogP contribution in [0.15, 0.2) is 24.3 Å². The first kappa shape index (κ1) is 15.1. The van der Waals surface area contributed by atoms with Gasteiger partial charge in [0.25, 0.3) is 0 Å². The first-order valence-corrected chi connectivity index (χ1v) is 8.51. The van der Waals surface area contributed by atoms with E-state index in [-0.39, 0.29) is 17.6 Å². The fourth-order valence-electron chi connectivity index (χ4n) is 3.83. The van der Waals surface area contributed by atoms with Gasteiger partial charge in [-0.2, -0.15) is 0 Å². The summed E-state index contributed by atoms with van der Waals surface area (Å²) in [5.41, 5.74) is 0.965. The number of nitrogens with zero attached hydrogens (tertiary/aromatic N) is 1. The summed E-state index contributed by atoms with van der Waals surface area (Å²) in [6.07, 6.45) is 4.69. The zero-order valence-corrected chi connectivity index (χ0v) is 13.2. The molecule has 0 bridgehead atoms. The second-order valence-electron chi connectivity index (χ2n) is 6.78. The molecule has 0 N–H and O–H groups in total. The quantitative estimate of drug-likeness (QED) is 0.856. The monoisotopic (exact) mass is 319 g/mol. The highest BCUT2D eigenvalue weighted by Crippen LogP contribution is 2.44. The van der Waals surface area contributed by atoms with E-state index in [0.29, 0.717) is 25.8 Å². The first-order chi connectivity index (χ1) is 11.2. The summed E-state index contributed by atoms with van der Waals surface area (Å²) in [4.78, 5) is 15.1. The number of amides is 1. The lowest BCUT2D eigenvalue weighted by atomic mass is 10.00. The number of carbonyl (C=O) groups is 1. The predicted octanol–water partition coefficient (Wildman–Crippen LogP) is 2.86. The lowest BCUT2D eigenvalue weighted by molar-refractivity contribution is -0.192. The Morgan fingerprint density at radius 3 is 2.52 bits per heavy atom. The second-order valence-corrected chi connectivity index (χ2v) is 6.78. The Balaban J connectivity index is 1.53. The van der Waals surface area contributed by atoms with Gasteiger partial charge >= 0.3 is 0 Å².